The van der Waals surface area contributed by atoms with Crippen LogP contribution in [0.1, 0.15) is 25.0 Å². The number of aliphatic hydroxyl groups excluding tert-OH is 1. The molecule has 0 saturated carbocycles. The Balaban J connectivity index is 2.34. The highest BCUT2D eigenvalue weighted by Gasteiger charge is 2.11. The van der Waals surface area contributed by atoms with Gasteiger partial charge in [-0.05, 0) is 41.8 Å². The summed E-state index contributed by atoms with van der Waals surface area (Å²) >= 11 is 2.71. The number of nitrogens with zero attached hydrogens (tertiary/aromatic N) is 2. The molecule has 0 aliphatic carbocycles. The molecule has 30 heavy (non-hydrogen) atoms. The smallest absolute Gasteiger partial charge is 0.267 e. The van der Waals surface area contributed by atoms with Gasteiger partial charge in [0.15, 0.2) is 0 Å². The number of benzene rings is 1. The van der Waals surface area contributed by atoms with Crippen LogP contribution in [0.15, 0.2) is 56.8 Å². The Hall–Kier alpha value is -1.81. The summed E-state index contributed by atoms with van der Waals surface area (Å²) in [5.74, 6) is 0.228. The molecule has 1 amide bonds. The quantitative estimate of drug-likeness (QED) is 0.150. The van der Waals surface area contributed by atoms with E-state index in [0.29, 0.717) is 18.8 Å². The summed E-state index contributed by atoms with van der Waals surface area (Å²) in [7, 11) is 0. The number of thioether (sulfide) groups is 1. The molecule has 0 aliphatic rings. The van der Waals surface area contributed by atoms with E-state index < -0.39 is 0 Å². The maximum absolute atomic E-state index is 12.1. The first-order chi connectivity index (χ1) is 14.5. The lowest BCUT2D eigenvalue weighted by atomic mass is 10.1. The molecule has 0 bridgehead atoms. The lowest BCUT2D eigenvalue weighted by molar-refractivity contribution is -0.117. The van der Waals surface area contributed by atoms with E-state index in [-0.39, 0.29) is 24.1 Å². The van der Waals surface area contributed by atoms with Crippen LogP contribution in [0.5, 0.6) is 0 Å². The predicted molar refractivity (Wildman–Crippen MR) is 128 cm³/mol. The van der Waals surface area contributed by atoms with Crippen molar-refractivity contribution in [2.75, 3.05) is 31.7 Å². The Kier molecular flexibility index (Phi) is 13.9. The Morgan fingerprint density at radius 1 is 1.33 bits per heavy atom. The van der Waals surface area contributed by atoms with E-state index in [1.54, 1.807) is 5.41 Å². The summed E-state index contributed by atoms with van der Waals surface area (Å²) in [4.78, 5) is 12.1. The van der Waals surface area contributed by atoms with Gasteiger partial charge in [-0.2, -0.15) is 0 Å². The minimum Gasteiger partial charge on any atom is -0.396 e. The average molecular weight is 452 g/mol. The largest absolute Gasteiger partial charge is 0.396 e. The third kappa shape index (κ3) is 11.4. The van der Waals surface area contributed by atoms with Crippen LogP contribution in [0.25, 0.3) is 0 Å². The van der Waals surface area contributed by atoms with E-state index in [9.17, 15) is 9.90 Å². The summed E-state index contributed by atoms with van der Waals surface area (Å²) in [5, 5.41) is 21.3. The number of aliphatic hydroxyl groups is 1. The lowest BCUT2D eigenvalue weighted by Crippen LogP contribution is -2.37. The highest BCUT2D eigenvalue weighted by atomic mass is 32.2. The lowest BCUT2D eigenvalue weighted by Gasteiger charge is -2.16. The molecule has 0 aromatic heterocycles. The summed E-state index contributed by atoms with van der Waals surface area (Å²) in [6.07, 6.45) is 4.76. The first kappa shape index (κ1) is 26.2. The minimum atomic E-state index is -0.334. The van der Waals surface area contributed by atoms with E-state index in [0.717, 1.165) is 18.7 Å². The zero-order valence-electron chi connectivity index (χ0n) is 17.9. The van der Waals surface area contributed by atoms with E-state index in [4.69, 9.17) is 5.73 Å². The van der Waals surface area contributed by atoms with Crippen molar-refractivity contribution in [3.05, 3.63) is 58.3 Å². The molecular formula is C21H33N5O2S2. The van der Waals surface area contributed by atoms with E-state index >= 15 is 0 Å². The molecule has 1 rings (SSSR count). The van der Waals surface area contributed by atoms with Crippen molar-refractivity contribution in [1.29, 1.82) is 0 Å². The third-order valence-electron chi connectivity index (χ3n) is 4.20. The number of carbonyl (C=O) groups is 1. The molecule has 0 spiro atoms. The monoisotopic (exact) mass is 451 g/mol. The Morgan fingerprint density at radius 2 is 2.10 bits per heavy atom. The molecule has 0 fully saturated rings. The fraction of sp³-hybridized carbons (Fsp3) is 0.476. The van der Waals surface area contributed by atoms with Crippen molar-refractivity contribution >= 4 is 29.6 Å². The molecule has 1 aromatic carbocycles. The molecule has 1 aromatic rings. The van der Waals surface area contributed by atoms with Crippen LogP contribution in [0.3, 0.4) is 0 Å². The molecule has 9 heteroatoms. The van der Waals surface area contributed by atoms with Gasteiger partial charge in [-0.1, -0.05) is 37.3 Å². The predicted octanol–water partition coefficient (Wildman–Crippen LogP) is 3.23. The van der Waals surface area contributed by atoms with Gasteiger partial charge in [0.25, 0.3) is 5.91 Å². The van der Waals surface area contributed by atoms with Crippen molar-refractivity contribution in [1.82, 2.24) is 10.6 Å². The van der Waals surface area contributed by atoms with E-state index in [1.807, 2.05) is 19.3 Å². The van der Waals surface area contributed by atoms with E-state index in [2.05, 4.69) is 51.5 Å². The fourth-order valence-corrected chi connectivity index (χ4v) is 3.36. The molecule has 1 unspecified atom stereocenters. The van der Waals surface area contributed by atoms with Gasteiger partial charge >= 0.3 is 0 Å². The summed E-state index contributed by atoms with van der Waals surface area (Å²) in [6.45, 7) is 5.65. The standard InChI is InChI=1S/C21H33N5O2S2/c1-4-17-6-5-7-18(10-17)11-23-12-19(14-27)13-24-21(28)20(22)15-30-9-8-16(2)25-26-29-3/h5-8,10,15,19,23,27H,4,9,11-14,22H2,1-3H3,(H,24,28)/b16-8+,20-15-,26-25?. The normalized spacial score (nSPS) is 13.6. The van der Waals surface area contributed by atoms with E-state index in [1.165, 1.54) is 34.8 Å². The second-order valence-electron chi connectivity index (χ2n) is 6.68. The van der Waals surface area contributed by atoms with Gasteiger partial charge in [-0.15, -0.1) is 21.4 Å². The molecule has 0 saturated heterocycles. The highest BCUT2D eigenvalue weighted by Crippen LogP contribution is 2.09. The fourth-order valence-electron chi connectivity index (χ4n) is 2.43. The number of hydrogen-bond acceptors (Lipinski definition) is 8. The molecule has 1 atom stereocenters. The third-order valence-corrected chi connectivity index (χ3v) is 5.22. The average Bonchev–Trinajstić information content (AvgIpc) is 2.77. The maximum atomic E-state index is 12.1. The highest BCUT2D eigenvalue weighted by molar-refractivity contribution is 8.02. The summed E-state index contributed by atoms with van der Waals surface area (Å²) in [5.41, 5.74) is 9.30. The van der Waals surface area contributed by atoms with Crippen molar-refractivity contribution in [3.8, 4) is 0 Å². The first-order valence-electron chi connectivity index (χ1n) is 9.85. The number of nitrogens with two attached hydrogens (primary N) is 1. The Morgan fingerprint density at radius 3 is 2.80 bits per heavy atom. The van der Waals surface area contributed by atoms with Crippen LogP contribution < -0.4 is 16.4 Å². The number of hydrogen-bond donors (Lipinski definition) is 4. The van der Waals surface area contributed by atoms with Crippen molar-refractivity contribution < 1.29 is 9.90 Å². The van der Waals surface area contributed by atoms with Crippen molar-refractivity contribution in [3.63, 3.8) is 0 Å². The van der Waals surface area contributed by atoms with Crippen LogP contribution in [0, 0.1) is 5.92 Å². The molecule has 7 nitrogen and oxygen atoms in total. The topological polar surface area (TPSA) is 112 Å². The van der Waals surface area contributed by atoms with Crippen LogP contribution in [0.2, 0.25) is 0 Å². The number of amides is 1. The van der Waals surface area contributed by atoms with Crippen molar-refractivity contribution in [2.24, 2.45) is 21.3 Å². The van der Waals surface area contributed by atoms with Crippen LogP contribution >= 0.6 is 23.7 Å². The maximum Gasteiger partial charge on any atom is 0.267 e. The molecule has 0 heterocycles. The number of aryl methyl sites for hydroxylation is 1. The van der Waals surface area contributed by atoms with Gasteiger partial charge in [-0.25, -0.2) is 0 Å². The van der Waals surface area contributed by atoms with Crippen LogP contribution in [-0.2, 0) is 17.8 Å². The van der Waals surface area contributed by atoms with Gasteiger partial charge in [-0.3, -0.25) is 4.79 Å². The molecule has 166 valence electrons. The number of carbonyl (C=O) groups excluding carboxylic acids is 1. The van der Waals surface area contributed by atoms with Gasteiger partial charge in [0.05, 0.1) is 5.70 Å². The Labute approximate surface area is 188 Å². The zero-order chi connectivity index (χ0) is 22.2. The molecule has 0 aliphatic heterocycles. The second-order valence-corrected chi connectivity index (χ2v) is 8.11. The first-order valence-corrected chi connectivity index (χ1v) is 12.1. The van der Waals surface area contributed by atoms with Crippen LogP contribution in [0.4, 0.5) is 0 Å². The van der Waals surface area contributed by atoms with Crippen molar-refractivity contribution in [2.45, 2.75) is 26.8 Å². The summed E-state index contributed by atoms with van der Waals surface area (Å²) in [6, 6.07) is 8.42. The molecule has 0 radical (unpaired) electrons. The SMILES string of the molecule is CCc1cccc(CNCC(CO)CNC(=O)/C(N)=C/SC/C=C(\C)N=NSC)c1. The second kappa shape index (κ2) is 16.0. The van der Waals surface area contributed by atoms with Crippen LogP contribution in [-0.4, -0.2) is 42.7 Å². The van der Waals surface area contributed by atoms with Gasteiger partial charge < -0.3 is 21.5 Å². The summed E-state index contributed by atoms with van der Waals surface area (Å²) < 4.78 is 3.84. The minimum absolute atomic E-state index is 0.0185. The zero-order valence-corrected chi connectivity index (χ0v) is 19.6. The molecular weight excluding hydrogens is 418 g/mol. The van der Waals surface area contributed by atoms with Gasteiger partial charge in [0.2, 0.25) is 0 Å². The number of rotatable bonds is 14. The van der Waals surface area contributed by atoms with Gasteiger partial charge in [0, 0.05) is 44.2 Å². The molecule has 5 N–H and O–H groups in total. The Bertz CT molecular complexity index is 738. The van der Waals surface area contributed by atoms with Gasteiger partial charge in [0.1, 0.15) is 5.70 Å². The number of allylic oxidation sites excluding steroid dienone is 1. The number of nitrogens with one attached hydrogen (secondary N) is 2.